The smallest absolute Gasteiger partial charge is 0.308 e. The molecule has 0 amide bonds. The van der Waals surface area contributed by atoms with E-state index < -0.39 is 0 Å². The number of methoxy groups -OCH3 is 2. The van der Waals surface area contributed by atoms with Crippen LogP contribution in [0.1, 0.15) is 43.7 Å². The Morgan fingerprint density at radius 2 is 1.57 bits per heavy atom. The highest BCUT2D eigenvalue weighted by Gasteiger charge is 2.19. The van der Waals surface area contributed by atoms with Crippen LogP contribution in [-0.4, -0.2) is 26.0 Å². The summed E-state index contributed by atoms with van der Waals surface area (Å²) in [7, 11) is 3.21. The number of Topliss-reactive ketones (excluding diaryl/α,β-unsaturated/α-hetero) is 1. The summed E-state index contributed by atoms with van der Waals surface area (Å²) in [6, 6.07) is 9.70. The van der Waals surface area contributed by atoms with Crippen LogP contribution in [0.5, 0.6) is 17.2 Å². The van der Waals surface area contributed by atoms with Crippen molar-refractivity contribution in [1.82, 2.24) is 0 Å². The molecule has 1 aliphatic carbocycles. The fourth-order valence-electron chi connectivity index (χ4n) is 3.61. The van der Waals surface area contributed by atoms with Gasteiger partial charge in [-0.3, -0.25) is 9.59 Å². The van der Waals surface area contributed by atoms with Gasteiger partial charge in [-0.1, -0.05) is 6.07 Å². The quantitative estimate of drug-likeness (QED) is 0.577. The summed E-state index contributed by atoms with van der Waals surface area (Å²) in [4.78, 5) is 23.8. The van der Waals surface area contributed by atoms with Gasteiger partial charge >= 0.3 is 5.97 Å². The number of rotatable bonds is 3. The topological polar surface area (TPSA) is 61.8 Å². The number of ether oxygens (including phenoxy) is 3. The molecule has 2 aromatic rings. The Bertz CT molecular complexity index is 885. The first kappa shape index (κ1) is 19.9. The van der Waals surface area contributed by atoms with Crippen molar-refractivity contribution in [2.45, 2.75) is 45.4 Å². The summed E-state index contributed by atoms with van der Waals surface area (Å²) in [5.41, 5.74) is 3.69. The molecule has 0 spiro atoms. The van der Waals surface area contributed by atoms with Crippen LogP contribution < -0.4 is 14.2 Å². The van der Waals surface area contributed by atoms with E-state index in [0.29, 0.717) is 36.5 Å². The number of benzene rings is 2. The molecule has 0 unspecified atom stereocenters. The molecule has 0 saturated carbocycles. The van der Waals surface area contributed by atoms with Gasteiger partial charge in [0.1, 0.15) is 11.5 Å². The molecule has 0 fully saturated rings. The van der Waals surface area contributed by atoms with Gasteiger partial charge in [0.2, 0.25) is 0 Å². The molecule has 5 heteroatoms. The minimum Gasteiger partial charge on any atom is -0.493 e. The minimum atomic E-state index is -0.385. The van der Waals surface area contributed by atoms with Crippen molar-refractivity contribution in [2.75, 3.05) is 14.2 Å². The molecule has 0 atom stereocenters. The third-order valence-electron chi connectivity index (χ3n) is 4.99. The van der Waals surface area contributed by atoms with E-state index in [1.807, 2.05) is 18.2 Å². The molecule has 2 aromatic carbocycles. The van der Waals surface area contributed by atoms with E-state index in [9.17, 15) is 9.59 Å². The summed E-state index contributed by atoms with van der Waals surface area (Å²) >= 11 is 0. The zero-order chi connectivity index (χ0) is 20.1. The first-order valence-corrected chi connectivity index (χ1v) is 9.60. The van der Waals surface area contributed by atoms with Crippen molar-refractivity contribution in [3.63, 3.8) is 0 Å². The Kier molecular flexibility index (Phi) is 6.34. The predicted molar refractivity (Wildman–Crippen MR) is 107 cm³/mol. The molecule has 0 N–H and O–H groups in total. The van der Waals surface area contributed by atoms with E-state index in [1.54, 1.807) is 20.3 Å². The second kappa shape index (κ2) is 8.91. The molecule has 0 aliphatic heterocycles. The highest BCUT2D eigenvalue weighted by atomic mass is 16.5. The van der Waals surface area contributed by atoms with Gasteiger partial charge in [-0.2, -0.15) is 0 Å². The molecule has 5 nitrogen and oxygen atoms in total. The highest BCUT2D eigenvalue weighted by Crippen LogP contribution is 2.43. The van der Waals surface area contributed by atoms with E-state index in [2.05, 4.69) is 6.07 Å². The van der Waals surface area contributed by atoms with Crippen LogP contribution in [0.15, 0.2) is 30.3 Å². The Labute approximate surface area is 165 Å². The van der Waals surface area contributed by atoms with E-state index in [-0.39, 0.29) is 11.8 Å². The Morgan fingerprint density at radius 3 is 2.29 bits per heavy atom. The molecule has 0 radical (unpaired) electrons. The maximum atomic E-state index is 12.2. The molecule has 4 bridgehead atoms. The Balaban J connectivity index is 2.22. The van der Waals surface area contributed by atoms with Crippen LogP contribution in [0.4, 0.5) is 0 Å². The minimum absolute atomic E-state index is 0.284. The zero-order valence-electron chi connectivity index (χ0n) is 16.7. The second-order valence-corrected chi connectivity index (χ2v) is 7.05. The lowest BCUT2D eigenvalue weighted by Gasteiger charge is -2.18. The number of carbonyl (C=O) groups is 2. The van der Waals surface area contributed by atoms with Crippen molar-refractivity contribution < 1.29 is 23.8 Å². The van der Waals surface area contributed by atoms with Crippen molar-refractivity contribution in [3.8, 4) is 28.4 Å². The fourth-order valence-corrected chi connectivity index (χ4v) is 3.61. The number of fused-ring (bicyclic) bond motifs is 5. The van der Waals surface area contributed by atoms with Gasteiger partial charge in [-0.25, -0.2) is 0 Å². The maximum Gasteiger partial charge on any atom is 0.308 e. The molecule has 28 heavy (non-hydrogen) atoms. The van der Waals surface area contributed by atoms with Crippen LogP contribution in [0.3, 0.4) is 0 Å². The SMILES string of the molecule is COc1cc2cc(c1OC)-c1cc(ccc1OC(C)=O)CCC(=O)CCCC2. The summed E-state index contributed by atoms with van der Waals surface area (Å²) in [5, 5.41) is 0. The van der Waals surface area contributed by atoms with Crippen LogP contribution >= 0.6 is 0 Å². The molecule has 148 valence electrons. The monoisotopic (exact) mass is 382 g/mol. The third kappa shape index (κ3) is 4.53. The molecule has 3 rings (SSSR count). The average Bonchev–Trinajstić information content (AvgIpc) is 2.69. The molecule has 1 aliphatic rings. The number of hydrogen-bond acceptors (Lipinski definition) is 5. The summed E-state index contributed by atoms with van der Waals surface area (Å²) < 4.78 is 16.7. The molecule has 0 aromatic heterocycles. The molecular weight excluding hydrogens is 356 g/mol. The molecule has 0 heterocycles. The summed E-state index contributed by atoms with van der Waals surface area (Å²) in [6.45, 7) is 1.38. The fraction of sp³-hybridized carbons (Fsp3) is 0.391. The normalized spacial score (nSPS) is 14.3. The number of aryl methyl sites for hydroxylation is 2. The largest absolute Gasteiger partial charge is 0.493 e. The van der Waals surface area contributed by atoms with Crippen LogP contribution in [0, 0.1) is 0 Å². The first-order valence-electron chi connectivity index (χ1n) is 9.60. The third-order valence-corrected chi connectivity index (χ3v) is 4.99. The lowest BCUT2D eigenvalue weighted by atomic mass is 9.96. The number of esters is 1. The highest BCUT2D eigenvalue weighted by molar-refractivity contribution is 5.83. The lowest BCUT2D eigenvalue weighted by molar-refractivity contribution is -0.131. The molecular formula is C23H26O5. The van der Waals surface area contributed by atoms with Crippen molar-refractivity contribution in [1.29, 1.82) is 0 Å². The van der Waals surface area contributed by atoms with Crippen molar-refractivity contribution >= 4 is 11.8 Å². The van der Waals surface area contributed by atoms with Crippen LogP contribution in [-0.2, 0) is 22.4 Å². The summed E-state index contributed by atoms with van der Waals surface area (Å²) in [6.07, 6.45) is 4.42. The van der Waals surface area contributed by atoms with Crippen LogP contribution in [0.2, 0.25) is 0 Å². The van der Waals surface area contributed by atoms with Crippen molar-refractivity contribution in [3.05, 3.63) is 41.5 Å². The Morgan fingerprint density at radius 1 is 0.821 bits per heavy atom. The number of carbonyl (C=O) groups excluding carboxylic acids is 2. The molecule has 0 saturated heterocycles. The number of hydrogen-bond donors (Lipinski definition) is 0. The van der Waals surface area contributed by atoms with Gasteiger partial charge in [-0.05, 0) is 61.1 Å². The first-order chi connectivity index (χ1) is 13.5. The van der Waals surface area contributed by atoms with Gasteiger partial charge in [0, 0.05) is 30.9 Å². The summed E-state index contributed by atoms with van der Waals surface area (Å²) in [5.74, 6) is 1.61. The second-order valence-electron chi connectivity index (χ2n) is 7.05. The number of ketones is 1. The van der Waals surface area contributed by atoms with Crippen LogP contribution in [0.25, 0.3) is 11.1 Å². The van der Waals surface area contributed by atoms with Gasteiger partial charge in [0.15, 0.2) is 11.5 Å². The van der Waals surface area contributed by atoms with Gasteiger partial charge in [0.05, 0.1) is 14.2 Å². The van der Waals surface area contributed by atoms with Gasteiger partial charge in [-0.15, -0.1) is 0 Å². The maximum absolute atomic E-state index is 12.2. The average molecular weight is 382 g/mol. The predicted octanol–water partition coefficient (Wildman–Crippen LogP) is 4.52. The zero-order valence-corrected chi connectivity index (χ0v) is 16.7. The van der Waals surface area contributed by atoms with E-state index >= 15 is 0 Å². The van der Waals surface area contributed by atoms with E-state index in [4.69, 9.17) is 14.2 Å². The Hall–Kier alpha value is -2.82. The van der Waals surface area contributed by atoms with E-state index in [0.717, 1.165) is 41.5 Å². The van der Waals surface area contributed by atoms with Gasteiger partial charge in [0.25, 0.3) is 0 Å². The van der Waals surface area contributed by atoms with E-state index in [1.165, 1.54) is 6.92 Å². The van der Waals surface area contributed by atoms with Gasteiger partial charge < -0.3 is 14.2 Å². The lowest BCUT2D eigenvalue weighted by Crippen LogP contribution is -2.04. The standard InChI is InChI=1S/C23H26O5/c1-15(24)28-21-11-9-16-8-10-18(25)7-5-4-6-17-13-20(19(21)12-16)23(27-3)22(14-17)26-2/h9,11-14H,4-8,10H2,1-3H3. The van der Waals surface area contributed by atoms with Crippen molar-refractivity contribution in [2.24, 2.45) is 0 Å².